The van der Waals surface area contributed by atoms with E-state index in [4.69, 9.17) is 0 Å². The second kappa shape index (κ2) is 6.48. The molecular weight excluding hydrogens is 348 g/mol. The number of rotatable bonds is 4. The smallest absolute Gasteiger partial charge is 0.293 e. The Labute approximate surface area is 145 Å². The van der Waals surface area contributed by atoms with Gasteiger partial charge in [0.1, 0.15) is 0 Å². The lowest BCUT2D eigenvalue weighted by Gasteiger charge is -2.27. The zero-order valence-electron chi connectivity index (χ0n) is 14.2. The van der Waals surface area contributed by atoms with Crippen molar-refractivity contribution in [2.24, 2.45) is 0 Å². The number of hydrogen-bond acceptors (Lipinski definition) is 6. The Hall–Kier alpha value is -2.00. The predicted molar refractivity (Wildman–Crippen MR) is 94.9 cm³/mol. The molecule has 1 aromatic carbocycles. The van der Waals surface area contributed by atoms with Crippen LogP contribution in [-0.4, -0.2) is 31.6 Å². The third-order valence-corrected chi connectivity index (χ3v) is 6.28. The Balaban J connectivity index is 2.44. The average Bonchev–Trinajstić information content (AvgIpc) is 2.94. The number of hydrogen-bond donors (Lipinski definition) is 1. The van der Waals surface area contributed by atoms with Gasteiger partial charge in [0.05, 0.1) is 5.69 Å². The molecule has 0 bridgehead atoms. The summed E-state index contributed by atoms with van der Waals surface area (Å²) in [6, 6.07) is 7.34. The molecule has 0 saturated heterocycles. The highest BCUT2D eigenvalue weighted by atomic mass is 32.2. The van der Waals surface area contributed by atoms with Crippen LogP contribution in [0.15, 0.2) is 28.6 Å². The summed E-state index contributed by atoms with van der Waals surface area (Å²) in [6.45, 7) is 7.38. The summed E-state index contributed by atoms with van der Waals surface area (Å²) in [5.41, 5.74) is 1.27. The van der Waals surface area contributed by atoms with Crippen LogP contribution >= 0.6 is 11.3 Å². The lowest BCUT2D eigenvalue weighted by Crippen LogP contribution is -2.29. The van der Waals surface area contributed by atoms with E-state index in [1.165, 1.54) is 18.3 Å². The van der Waals surface area contributed by atoms with Gasteiger partial charge in [-0.15, -0.1) is 10.2 Å². The third-order valence-electron chi connectivity index (χ3n) is 3.32. The molecular formula is C15H20N4O3S2. The molecule has 130 valence electrons. The molecule has 1 aromatic heterocycles. The third kappa shape index (κ3) is 3.73. The fourth-order valence-corrected chi connectivity index (χ4v) is 4.46. The van der Waals surface area contributed by atoms with Crippen molar-refractivity contribution in [3.05, 3.63) is 29.8 Å². The van der Waals surface area contributed by atoms with Gasteiger partial charge in [-0.2, -0.15) is 8.42 Å². The molecule has 0 aliphatic carbocycles. The van der Waals surface area contributed by atoms with Crippen LogP contribution in [0.2, 0.25) is 0 Å². The fourth-order valence-electron chi connectivity index (χ4n) is 2.14. The molecule has 1 heterocycles. The number of carbonyl (C=O) groups is 1. The van der Waals surface area contributed by atoms with Crippen molar-refractivity contribution >= 4 is 38.1 Å². The van der Waals surface area contributed by atoms with Gasteiger partial charge >= 0.3 is 0 Å². The minimum Gasteiger partial charge on any atom is -0.301 e. The largest absolute Gasteiger partial charge is 0.301 e. The van der Waals surface area contributed by atoms with Gasteiger partial charge < -0.3 is 5.32 Å². The second-order valence-corrected chi connectivity index (χ2v) is 9.41. The van der Waals surface area contributed by atoms with Gasteiger partial charge in [0.15, 0.2) is 0 Å². The summed E-state index contributed by atoms with van der Waals surface area (Å²) in [6.07, 6.45) is 0. The van der Waals surface area contributed by atoms with E-state index >= 15 is 0 Å². The molecule has 24 heavy (non-hydrogen) atoms. The normalized spacial score (nSPS) is 12.0. The average molecular weight is 368 g/mol. The first kappa shape index (κ1) is 18.3. The van der Waals surface area contributed by atoms with Crippen molar-refractivity contribution in [1.82, 2.24) is 10.2 Å². The summed E-state index contributed by atoms with van der Waals surface area (Å²) in [7, 11) is -2.38. The standard InChI is InChI=1S/C15H20N4O3S2/c1-10(20)16-13-17-18-14(23-13)24(21,22)19(5)12-9-7-6-8-11(12)15(2,3)4/h6-9H,1-5H3,(H,16,17,20). The maximum atomic E-state index is 12.8. The van der Waals surface area contributed by atoms with E-state index < -0.39 is 10.0 Å². The SMILES string of the molecule is CC(=O)Nc1nnc(S(=O)(=O)N(C)c2ccccc2C(C)(C)C)s1. The number of para-hydroxylation sites is 1. The van der Waals surface area contributed by atoms with Crippen molar-refractivity contribution in [1.29, 1.82) is 0 Å². The molecule has 0 saturated carbocycles. The van der Waals surface area contributed by atoms with E-state index in [2.05, 4.69) is 15.5 Å². The predicted octanol–water partition coefficient (Wildman–Crippen LogP) is 2.62. The molecule has 0 aliphatic heterocycles. The molecule has 0 aliphatic rings. The van der Waals surface area contributed by atoms with Crippen LogP contribution in [0.4, 0.5) is 10.8 Å². The number of anilines is 2. The van der Waals surface area contributed by atoms with Gasteiger partial charge in [0, 0.05) is 14.0 Å². The van der Waals surface area contributed by atoms with Crippen LogP contribution in [0.5, 0.6) is 0 Å². The first-order valence-electron chi connectivity index (χ1n) is 7.23. The summed E-state index contributed by atoms with van der Waals surface area (Å²) in [4.78, 5) is 11.1. The molecule has 0 atom stereocenters. The molecule has 0 unspecified atom stereocenters. The Morgan fingerprint density at radius 1 is 1.21 bits per heavy atom. The Kier molecular flexibility index (Phi) is 4.95. The number of carbonyl (C=O) groups excluding carboxylic acids is 1. The topological polar surface area (TPSA) is 92.3 Å². The number of nitrogens with one attached hydrogen (secondary N) is 1. The van der Waals surface area contributed by atoms with Gasteiger partial charge in [-0.05, 0) is 17.0 Å². The van der Waals surface area contributed by atoms with Crippen LogP contribution in [0.25, 0.3) is 0 Å². The van der Waals surface area contributed by atoms with E-state index in [0.29, 0.717) is 5.69 Å². The summed E-state index contributed by atoms with van der Waals surface area (Å²) in [5.74, 6) is -0.332. The van der Waals surface area contributed by atoms with E-state index in [1.807, 2.05) is 32.9 Å². The number of aromatic nitrogens is 2. The molecule has 9 heteroatoms. The first-order valence-corrected chi connectivity index (χ1v) is 9.48. The van der Waals surface area contributed by atoms with Crippen molar-refractivity contribution in [2.75, 3.05) is 16.7 Å². The van der Waals surface area contributed by atoms with E-state index in [-0.39, 0.29) is 20.8 Å². The van der Waals surface area contributed by atoms with Gasteiger partial charge in [-0.3, -0.25) is 9.10 Å². The van der Waals surface area contributed by atoms with E-state index in [0.717, 1.165) is 16.9 Å². The summed E-state index contributed by atoms with van der Waals surface area (Å²) < 4.78 is 26.7. The van der Waals surface area contributed by atoms with Crippen LogP contribution in [0.3, 0.4) is 0 Å². The molecule has 0 spiro atoms. The van der Waals surface area contributed by atoms with Crippen LogP contribution < -0.4 is 9.62 Å². The van der Waals surface area contributed by atoms with Crippen LogP contribution in [0, 0.1) is 0 Å². The molecule has 0 radical (unpaired) electrons. The van der Waals surface area contributed by atoms with Crippen LogP contribution in [-0.2, 0) is 20.2 Å². The fraction of sp³-hybridized carbons (Fsp3) is 0.400. The number of nitrogens with zero attached hydrogens (tertiary/aromatic N) is 3. The van der Waals surface area contributed by atoms with E-state index in [9.17, 15) is 13.2 Å². The van der Waals surface area contributed by atoms with Gasteiger partial charge in [0.2, 0.25) is 11.0 Å². The molecule has 7 nitrogen and oxygen atoms in total. The first-order chi connectivity index (χ1) is 11.0. The van der Waals surface area contributed by atoms with Crippen LogP contribution in [0.1, 0.15) is 33.3 Å². The van der Waals surface area contributed by atoms with Gasteiger partial charge in [0.25, 0.3) is 14.4 Å². The maximum Gasteiger partial charge on any atom is 0.293 e. The molecule has 2 rings (SSSR count). The van der Waals surface area contributed by atoms with Crippen molar-refractivity contribution < 1.29 is 13.2 Å². The zero-order chi connectivity index (χ0) is 18.1. The summed E-state index contributed by atoms with van der Waals surface area (Å²) in [5, 5.41) is 9.99. The Bertz CT molecular complexity index is 854. The quantitative estimate of drug-likeness (QED) is 0.838. The highest BCUT2D eigenvalue weighted by molar-refractivity contribution is 7.94. The molecule has 1 N–H and O–H groups in total. The molecule has 1 amide bonds. The maximum absolute atomic E-state index is 12.8. The second-order valence-electron chi connectivity index (χ2n) is 6.29. The zero-order valence-corrected chi connectivity index (χ0v) is 15.8. The minimum absolute atomic E-state index is 0.151. The van der Waals surface area contributed by atoms with Gasteiger partial charge in [-0.1, -0.05) is 50.3 Å². The van der Waals surface area contributed by atoms with Crippen molar-refractivity contribution in [2.45, 2.75) is 37.4 Å². The monoisotopic (exact) mass is 368 g/mol. The minimum atomic E-state index is -3.86. The lowest BCUT2D eigenvalue weighted by molar-refractivity contribution is -0.114. The summed E-state index contributed by atoms with van der Waals surface area (Å²) >= 11 is 0.821. The Morgan fingerprint density at radius 2 is 1.83 bits per heavy atom. The van der Waals surface area contributed by atoms with Crippen molar-refractivity contribution in [3.8, 4) is 0 Å². The number of sulfonamides is 1. The lowest BCUT2D eigenvalue weighted by atomic mass is 9.86. The Morgan fingerprint density at radius 3 is 2.42 bits per heavy atom. The number of amides is 1. The molecule has 0 fully saturated rings. The highest BCUT2D eigenvalue weighted by Crippen LogP contribution is 2.34. The van der Waals surface area contributed by atoms with Gasteiger partial charge in [-0.25, -0.2) is 0 Å². The van der Waals surface area contributed by atoms with Crippen molar-refractivity contribution in [3.63, 3.8) is 0 Å². The highest BCUT2D eigenvalue weighted by Gasteiger charge is 2.29. The number of benzene rings is 1. The van der Waals surface area contributed by atoms with E-state index in [1.54, 1.807) is 12.1 Å². The molecule has 2 aromatic rings.